The van der Waals surface area contributed by atoms with Gasteiger partial charge in [0, 0.05) is 23.0 Å². The maximum Gasteiger partial charge on any atom is 0.310 e. The van der Waals surface area contributed by atoms with Gasteiger partial charge in [-0.1, -0.05) is 48.0 Å². The molecule has 6 nitrogen and oxygen atoms in total. The molecule has 0 unspecified atom stereocenters. The summed E-state index contributed by atoms with van der Waals surface area (Å²) in [6.07, 6.45) is 2.85. The molecule has 7 heteroatoms. The minimum atomic E-state index is -0.294. The number of para-hydroxylation sites is 2. The van der Waals surface area contributed by atoms with Crippen LogP contribution < -0.4 is 4.74 Å². The highest BCUT2D eigenvalue weighted by atomic mass is 79.9. The zero-order valence-corrected chi connectivity index (χ0v) is 18.2. The molecule has 0 spiro atoms. The lowest BCUT2D eigenvalue weighted by Crippen LogP contribution is -2.06. The first kappa shape index (κ1) is 18.8. The highest BCUT2D eigenvalue weighted by Crippen LogP contribution is 2.35. The Morgan fingerprint density at radius 3 is 2.67 bits per heavy atom. The number of hydrogen-bond acceptors (Lipinski definition) is 4. The summed E-state index contributed by atoms with van der Waals surface area (Å²) >= 11 is 3.54. The van der Waals surface area contributed by atoms with Crippen molar-refractivity contribution >= 4 is 49.6 Å². The number of hydrogen-bond donors (Lipinski definition) is 0. The Morgan fingerprint density at radius 2 is 1.90 bits per heavy atom. The van der Waals surface area contributed by atoms with Gasteiger partial charge in [-0.05, 0) is 30.3 Å². The Balaban J connectivity index is 1.93. The standard InChI is InChI=1S/C23H19BrN4O2/c1-3-19-26-22-21(23-25-16-10-5-6-11-17(16)28(19)23)18(30-20(29)4-2)13-27(22)15-9-7-8-14(24)12-15/h5-13H,3-4H2,1-2H3. The van der Waals surface area contributed by atoms with E-state index in [2.05, 4.69) is 27.3 Å². The van der Waals surface area contributed by atoms with E-state index in [9.17, 15) is 4.79 Å². The van der Waals surface area contributed by atoms with Gasteiger partial charge in [0.05, 0.1) is 17.2 Å². The highest BCUT2D eigenvalue weighted by Gasteiger charge is 2.22. The predicted octanol–water partition coefficient (Wildman–Crippen LogP) is 5.47. The molecular weight excluding hydrogens is 444 g/mol. The second-order valence-electron chi connectivity index (χ2n) is 7.01. The maximum absolute atomic E-state index is 12.2. The van der Waals surface area contributed by atoms with Crippen molar-refractivity contribution in [3.05, 3.63) is 65.0 Å². The molecule has 3 aromatic heterocycles. The first-order valence-electron chi connectivity index (χ1n) is 9.88. The number of imidazole rings is 1. The summed E-state index contributed by atoms with van der Waals surface area (Å²) < 4.78 is 10.7. The molecule has 0 saturated heterocycles. The molecule has 5 rings (SSSR count). The van der Waals surface area contributed by atoms with E-state index in [4.69, 9.17) is 14.7 Å². The van der Waals surface area contributed by atoms with Crippen LogP contribution in [0.2, 0.25) is 0 Å². The largest absolute Gasteiger partial charge is 0.424 e. The number of nitrogens with zero attached hydrogens (tertiary/aromatic N) is 4. The second kappa shape index (κ2) is 7.25. The van der Waals surface area contributed by atoms with Crippen molar-refractivity contribution in [2.75, 3.05) is 0 Å². The van der Waals surface area contributed by atoms with Gasteiger partial charge in [0.2, 0.25) is 0 Å². The van der Waals surface area contributed by atoms with Gasteiger partial charge in [-0.15, -0.1) is 0 Å². The van der Waals surface area contributed by atoms with Crippen LogP contribution in [0.25, 0.3) is 33.4 Å². The molecule has 0 N–H and O–H groups in total. The normalized spacial score (nSPS) is 11.6. The molecule has 5 aromatic rings. The van der Waals surface area contributed by atoms with Crippen molar-refractivity contribution in [3.8, 4) is 11.4 Å². The summed E-state index contributed by atoms with van der Waals surface area (Å²) in [5.41, 5.74) is 4.24. The number of esters is 1. The summed E-state index contributed by atoms with van der Waals surface area (Å²) in [5.74, 6) is 1.07. The number of ether oxygens (including phenoxy) is 1. The third-order valence-corrected chi connectivity index (χ3v) is 5.63. The minimum Gasteiger partial charge on any atom is -0.424 e. The quantitative estimate of drug-likeness (QED) is 0.332. The molecule has 0 fully saturated rings. The molecule has 0 radical (unpaired) electrons. The predicted molar refractivity (Wildman–Crippen MR) is 120 cm³/mol. The summed E-state index contributed by atoms with van der Waals surface area (Å²) in [7, 11) is 0. The second-order valence-corrected chi connectivity index (χ2v) is 7.93. The summed E-state index contributed by atoms with van der Waals surface area (Å²) in [5, 5.41) is 0.727. The lowest BCUT2D eigenvalue weighted by atomic mass is 10.3. The molecule has 0 saturated carbocycles. The van der Waals surface area contributed by atoms with Crippen LogP contribution >= 0.6 is 15.9 Å². The monoisotopic (exact) mass is 462 g/mol. The molecule has 3 heterocycles. The number of rotatable bonds is 4. The van der Waals surface area contributed by atoms with Gasteiger partial charge < -0.3 is 4.74 Å². The molecular formula is C23H19BrN4O2. The van der Waals surface area contributed by atoms with Crippen LogP contribution in [0.15, 0.2) is 59.2 Å². The molecule has 0 amide bonds. The zero-order valence-electron chi connectivity index (χ0n) is 16.6. The van der Waals surface area contributed by atoms with Crippen LogP contribution in [0.3, 0.4) is 0 Å². The first-order valence-corrected chi connectivity index (χ1v) is 10.7. The van der Waals surface area contributed by atoms with E-state index in [1.807, 2.05) is 59.3 Å². The highest BCUT2D eigenvalue weighted by molar-refractivity contribution is 9.10. The number of fused-ring (bicyclic) bond motifs is 5. The van der Waals surface area contributed by atoms with Gasteiger partial charge in [-0.2, -0.15) is 0 Å². The van der Waals surface area contributed by atoms with Crippen molar-refractivity contribution in [2.24, 2.45) is 0 Å². The lowest BCUT2D eigenvalue weighted by Gasteiger charge is -2.08. The molecule has 0 atom stereocenters. The van der Waals surface area contributed by atoms with Crippen LogP contribution in [-0.4, -0.2) is 24.9 Å². The average Bonchev–Trinajstić information content (AvgIpc) is 3.31. The average molecular weight is 463 g/mol. The fourth-order valence-corrected chi connectivity index (χ4v) is 4.14. The fourth-order valence-electron chi connectivity index (χ4n) is 3.75. The first-order chi connectivity index (χ1) is 14.6. The number of benzene rings is 2. The number of carbonyl (C=O) groups is 1. The van der Waals surface area contributed by atoms with Crippen LogP contribution in [0.1, 0.15) is 26.1 Å². The van der Waals surface area contributed by atoms with Crippen LogP contribution in [-0.2, 0) is 11.2 Å². The van der Waals surface area contributed by atoms with E-state index in [0.29, 0.717) is 11.4 Å². The van der Waals surface area contributed by atoms with Crippen LogP contribution in [0.4, 0.5) is 0 Å². The van der Waals surface area contributed by atoms with E-state index in [1.165, 1.54) is 0 Å². The smallest absolute Gasteiger partial charge is 0.310 e. The van der Waals surface area contributed by atoms with E-state index in [0.717, 1.165) is 44.5 Å². The fraction of sp³-hybridized carbons (Fsp3) is 0.174. The van der Waals surface area contributed by atoms with Crippen LogP contribution in [0.5, 0.6) is 5.75 Å². The third-order valence-electron chi connectivity index (χ3n) is 5.14. The van der Waals surface area contributed by atoms with Gasteiger partial charge in [0.15, 0.2) is 17.0 Å². The minimum absolute atomic E-state index is 0.288. The van der Waals surface area contributed by atoms with Crippen molar-refractivity contribution in [1.82, 2.24) is 18.9 Å². The van der Waals surface area contributed by atoms with Gasteiger partial charge in [0.25, 0.3) is 0 Å². The Kier molecular flexibility index (Phi) is 4.55. The van der Waals surface area contributed by atoms with Crippen molar-refractivity contribution in [2.45, 2.75) is 26.7 Å². The topological polar surface area (TPSA) is 61.4 Å². The number of carbonyl (C=O) groups excluding carboxylic acids is 1. The van der Waals surface area contributed by atoms with E-state index in [1.54, 1.807) is 6.92 Å². The Hall–Kier alpha value is -3.19. The molecule has 30 heavy (non-hydrogen) atoms. The maximum atomic E-state index is 12.2. The summed E-state index contributed by atoms with van der Waals surface area (Å²) in [6, 6.07) is 15.9. The van der Waals surface area contributed by atoms with Gasteiger partial charge >= 0.3 is 5.97 Å². The summed E-state index contributed by atoms with van der Waals surface area (Å²) in [4.78, 5) is 22.0. The summed E-state index contributed by atoms with van der Waals surface area (Å²) in [6.45, 7) is 3.86. The van der Waals surface area contributed by atoms with Crippen molar-refractivity contribution in [1.29, 1.82) is 0 Å². The number of aromatic nitrogens is 4. The molecule has 0 aliphatic carbocycles. The van der Waals surface area contributed by atoms with Gasteiger partial charge in [-0.25, -0.2) is 9.97 Å². The number of halogens is 1. The third kappa shape index (κ3) is 2.89. The van der Waals surface area contributed by atoms with Crippen molar-refractivity contribution in [3.63, 3.8) is 0 Å². The molecule has 0 bridgehead atoms. The SMILES string of the molecule is CCC(=O)Oc1cn(-c2cccc(Br)c2)c2nc(CC)n3c4ccccc4nc3c12. The van der Waals surface area contributed by atoms with E-state index >= 15 is 0 Å². The zero-order chi connectivity index (χ0) is 20.8. The van der Waals surface area contributed by atoms with Gasteiger partial charge in [0.1, 0.15) is 11.2 Å². The Bertz CT molecular complexity index is 1430. The van der Waals surface area contributed by atoms with Gasteiger partial charge in [-0.3, -0.25) is 13.8 Å². The van der Waals surface area contributed by atoms with Crippen molar-refractivity contribution < 1.29 is 9.53 Å². The lowest BCUT2D eigenvalue weighted by molar-refractivity contribution is -0.133. The number of aryl methyl sites for hydroxylation is 1. The molecule has 0 aliphatic rings. The molecule has 0 aliphatic heterocycles. The molecule has 2 aromatic carbocycles. The Labute approximate surface area is 181 Å². The Morgan fingerprint density at radius 1 is 1.07 bits per heavy atom. The van der Waals surface area contributed by atoms with Crippen LogP contribution in [0, 0.1) is 0 Å². The van der Waals surface area contributed by atoms with E-state index in [-0.39, 0.29) is 12.4 Å². The van der Waals surface area contributed by atoms with E-state index < -0.39 is 0 Å². The molecule has 150 valence electrons.